The maximum Gasteiger partial charge on any atom is 0.231 e. The fraction of sp³-hybridized carbons (Fsp3) is 0.609. The van der Waals surface area contributed by atoms with Crippen LogP contribution in [0.1, 0.15) is 50.6 Å². The molecule has 170 valence electrons. The van der Waals surface area contributed by atoms with Crippen molar-refractivity contribution in [2.24, 2.45) is 11.7 Å². The van der Waals surface area contributed by atoms with Gasteiger partial charge in [-0.3, -0.25) is 19.3 Å². The van der Waals surface area contributed by atoms with Crippen molar-refractivity contribution in [2.45, 2.75) is 51.1 Å². The summed E-state index contributed by atoms with van der Waals surface area (Å²) >= 11 is 0. The van der Waals surface area contributed by atoms with E-state index in [-0.39, 0.29) is 42.8 Å². The molecule has 8 heteroatoms. The van der Waals surface area contributed by atoms with Crippen molar-refractivity contribution in [1.29, 1.82) is 0 Å². The number of nitrogens with two attached hydrogens (primary N) is 1. The number of hydrogen-bond donors (Lipinski definition) is 2. The van der Waals surface area contributed by atoms with Crippen molar-refractivity contribution in [1.82, 2.24) is 15.1 Å². The Hall–Kier alpha value is -2.61. The van der Waals surface area contributed by atoms with Gasteiger partial charge in [0.25, 0.3) is 0 Å². The number of piperidine rings is 1. The molecule has 31 heavy (non-hydrogen) atoms. The van der Waals surface area contributed by atoms with Crippen LogP contribution in [0.4, 0.5) is 0 Å². The molecule has 2 aliphatic rings. The summed E-state index contributed by atoms with van der Waals surface area (Å²) in [4.78, 5) is 41.0. The molecule has 0 radical (unpaired) electrons. The number of carbonyl (C=O) groups excluding carboxylic acids is 3. The smallest absolute Gasteiger partial charge is 0.231 e. The summed E-state index contributed by atoms with van der Waals surface area (Å²) < 4.78 is 5.26. The molecule has 0 spiro atoms. The number of likely N-dealkylation sites (tertiary alicyclic amines) is 2. The highest BCUT2D eigenvalue weighted by Crippen LogP contribution is 2.39. The molecule has 0 aliphatic carbocycles. The highest BCUT2D eigenvalue weighted by Gasteiger charge is 2.44. The van der Waals surface area contributed by atoms with E-state index in [0.717, 1.165) is 50.1 Å². The van der Waals surface area contributed by atoms with Crippen molar-refractivity contribution in [3.8, 4) is 5.75 Å². The Morgan fingerprint density at radius 1 is 1.19 bits per heavy atom. The van der Waals surface area contributed by atoms with Crippen molar-refractivity contribution in [2.75, 3.05) is 33.3 Å². The molecule has 0 bridgehead atoms. The van der Waals surface area contributed by atoms with Gasteiger partial charge in [-0.1, -0.05) is 25.5 Å². The van der Waals surface area contributed by atoms with Gasteiger partial charge in [-0.15, -0.1) is 0 Å². The second-order valence-electron chi connectivity index (χ2n) is 8.49. The first-order valence-electron chi connectivity index (χ1n) is 11.2. The Labute approximate surface area is 184 Å². The fourth-order valence-corrected chi connectivity index (χ4v) is 4.60. The molecule has 2 saturated heterocycles. The van der Waals surface area contributed by atoms with Crippen LogP contribution in [0.2, 0.25) is 0 Å². The van der Waals surface area contributed by atoms with Gasteiger partial charge in [0.2, 0.25) is 17.7 Å². The van der Waals surface area contributed by atoms with Crippen molar-refractivity contribution in [3.63, 3.8) is 0 Å². The monoisotopic (exact) mass is 430 g/mol. The minimum Gasteiger partial charge on any atom is -0.497 e. The van der Waals surface area contributed by atoms with E-state index in [1.165, 1.54) is 0 Å². The van der Waals surface area contributed by atoms with Crippen molar-refractivity contribution in [3.05, 3.63) is 29.8 Å². The van der Waals surface area contributed by atoms with Crippen LogP contribution in [-0.4, -0.2) is 66.9 Å². The van der Waals surface area contributed by atoms with Crippen molar-refractivity contribution >= 4 is 17.7 Å². The molecule has 0 aromatic heterocycles. The molecule has 3 N–H and O–H groups in total. The molecule has 8 nitrogen and oxygen atoms in total. The third-order valence-electron chi connectivity index (χ3n) is 6.29. The van der Waals surface area contributed by atoms with E-state index in [1.807, 2.05) is 34.1 Å². The molecular formula is C23H34N4O4. The van der Waals surface area contributed by atoms with Gasteiger partial charge < -0.3 is 20.7 Å². The van der Waals surface area contributed by atoms with Crippen LogP contribution in [0.25, 0.3) is 0 Å². The van der Waals surface area contributed by atoms with Crippen LogP contribution in [0.15, 0.2) is 24.3 Å². The van der Waals surface area contributed by atoms with E-state index < -0.39 is 5.92 Å². The van der Waals surface area contributed by atoms with Crippen LogP contribution >= 0.6 is 0 Å². The lowest BCUT2D eigenvalue weighted by molar-refractivity contribution is -0.129. The zero-order chi connectivity index (χ0) is 22.4. The average molecular weight is 431 g/mol. The quantitative estimate of drug-likeness (QED) is 0.617. The first-order chi connectivity index (χ1) is 14.9. The summed E-state index contributed by atoms with van der Waals surface area (Å²) in [7, 11) is 1.62. The normalized spacial score (nSPS) is 22.5. The highest BCUT2D eigenvalue weighted by atomic mass is 16.5. The summed E-state index contributed by atoms with van der Waals surface area (Å²) in [6.07, 6.45) is 3.66. The first kappa shape index (κ1) is 23.1. The number of methoxy groups -OCH3 is 1. The molecule has 1 aromatic carbocycles. The van der Waals surface area contributed by atoms with Gasteiger partial charge in [0.05, 0.1) is 25.6 Å². The Bertz CT molecular complexity index is 774. The van der Waals surface area contributed by atoms with Gasteiger partial charge in [0.15, 0.2) is 0 Å². The summed E-state index contributed by atoms with van der Waals surface area (Å²) in [5.74, 6) is -0.0352. The third kappa shape index (κ3) is 5.76. The Morgan fingerprint density at radius 2 is 1.87 bits per heavy atom. The number of carbonyl (C=O) groups is 3. The molecule has 2 aliphatic heterocycles. The molecule has 3 rings (SSSR count). The second-order valence-corrected chi connectivity index (χ2v) is 8.49. The van der Waals surface area contributed by atoms with Gasteiger partial charge in [-0.2, -0.15) is 0 Å². The molecule has 2 heterocycles. The van der Waals surface area contributed by atoms with E-state index in [1.54, 1.807) is 7.11 Å². The highest BCUT2D eigenvalue weighted by molar-refractivity contribution is 5.90. The lowest BCUT2D eigenvalue weighted by Crippen LogP contribution is -2.48. The lowest BCUT2D eigenvalue weighted by atomic mass is 9.91. The summed E-state index contributed by atoms with van der Waals surface area (Å²) in [5, 5.41) is 3.17. The largest absolute Gasteiger partial charge is 0.497 e. The zero-order valence-corrected chi connectivity index (χ0v) is 18.5. The number of hydrogen-bond acceptors (Lipinski definition) is 5. The second kappa shape index (κ2) is 10.6. The number of nitrogens with zero attached hydrogens (tertiary/aromatic N) is 2. The number of ether oxygens (including phenoxy) is 1. The summed E-state index contributed by atoms with van der Waals surface area (Å²) in [6.45, 7) is 4.45. The van der Waals surface area contributed by atoms with Gasteiger partial charge in [-0.05, 0) is 37.0 Å². The van der Waals surface area contributed by atoms with Crippen LogP contribution in [0.3, 0.4) is 0 Å². The first-order valence-corrected chi connectivity index (χ1v) is 11.2. The molecule has 2 atom stereocenters. The molecular weight excluding hydrogens is 396 g/mol. The van der Waals surface area contributed by atoms with Crippen molar-refractivity contribution < 1.29 is 19.1 Å². The summed E-state index contributed by atoms with van der Waals surface area (Å²) in [5.41, 5.74) is 6.23. The van der Waals surface area contributed by atoms with Crippen LogP contribution in [-0.2, 0) is 14.4 Å². The van der Waals surface area contributed by atoms with E-state index >= 15 is 0 Å². The van der Waals surface area contributed by atoms with Gasteiger partial charge in [0.1, 0.15) is 5.75 Å². The minimum absolute atomic E-state index is 0.0331. The van der Waals surface area contributed by atoms with Gasteiger partial charge >= 0.3 is 0 Å². The number of amides is 3. The number of nitrogens with one attached hydrogen (secondary N) is 1. The average Bonchev–Trinajstić information content (AvgIpc) is 3.09. The lowest BCUT2D eigenvalue weighted by Gasteiger charge is -2.33. The van der Waals surface area contributed by atoms with Gasteiger partial charge in [-0.25, -0.2) is 0 Å². The Kier molecular flexibility index (Phi) is 7.90. The molecule has 3 amide bonds. The standard InChI is InChI=1S/C23H34N4O4/c1-3-4-11-27-21(29)14-19(22(27)16-5-7-18(31-2)8-6-16)23(30)25-17-9-12-26(13-10-17)15-20(24)28/h5-8,17,19,22H,3-4,9-15H2,1-2H3,(H2,24,28)(H,25,30). The molecule has 1 aromatic rings. The topological polar surface area (TPSA) is 105 Å². The number of unbranched alkanes of at least 4 members (excludes halogenated alkanes) is 1. The third-order valence-corrected chi connectivity index (χ3v) is 6.29. The Balaban J connectivity index is 1.70. The SMILES string of the molecule is CCCCN1C(=O)CC(C(=O)NC2CCN(CC(N)=O)CC2)C1c1ccc(OC)cc1. The van der Waals surface area contributed by atoms with E-state index in [0.29, 0.717) is 6.54 Å². The number of rotatable bonds is 9. The van der Waals surface area contributed by atoms with E-state index in [2.05, 4.69) is 12.2 Å². The fourth-order valence-electron chi connectivity index (χ4n) is 4.60. The number of primary amides is 1. The van der Waals surface area contributed by atoms with Crippen LogP contribution in [0.5, 0.6) is 5.75 Å². The maximum absolute atomic E-state index is 13.2. The maximum atomic E-state index is 13.2. The van der Waals surface area contributed by atoms with Crippen LogP contribution < -0.4 is 15.8 Å². The predicted molar refractivity (Wildman–Crippen MR) is 117 cm³/mol. The minimum atomic E-state index is -0.415. The zero-order valence-electron chi connectivity index (χ0n) is 18.5. The molecule has 2 fully saturated rings. The molecule has 0 saturated carbocycles. The number of benzene rings is 1. The molecule has 2 unspecified atom stereocenters. The van der Waals surface area contributed by atoms with E-state index in [9.17, 15) is 14.4 Å². The van der Waals surface area contributed by atoms with Crippen LogP contribution in [0, 0.1) is 5.92 Å². The summed E-state index contributed by atoms with van der Waals surface area (Å²) in [6, 6.07) is 7.43. The predicted octanol–water partition coefficient (Wildman–Crippen LogP) is 1.45. The van der Waals surface area contributed by atoms with E-state index in [4.69, 9.17) is 10.5 Å². The Morgan fingerprint density at radius 3 is 2.45 bits per heavy atom. The van der Waals surface area contributed by atoms with Gasteiger partial charge in [0, 0.05) is 32.1 Å².